The van der Waals surface area contributed by atoms with Crippen LogP contribution >= 0.6 is 0 Å². The van der Waals surface area contributed by atoms with Crippen molar-refractivity contribution in [3.8, 4) is 0 Å². The summed E-state index contributed by atoms with van der Waals surface area (Å²) in [6.45, 7) is 7.80. The van der Waals surface area contributed by atoms with Gasteiger partial charge in [-0.2, -0.15) is 5.10 Å². The third kappa shape index (κ3) is 3.45. The minimum Gasteiger partial charge on any atom is -0.476 e. The fourth-order valence-electron chi connectivity index (χ4n) is 3.11. The summed E-state index contributed by atoms with van der Waals surface area (Å²) >= 11 is 0. The van der Waals surface area contributed by atoms with Gasteiger partial charge in [0.15, 0.2) is 11.5 Å². The molecule has 0 aliphatic carbocycles. The quantitative estimate of drug-likeness (QED) is 0.697. The number of benzene rings is 2. The number of carbonyl (C=O) groups is 2. The highest BCUT2D eigenvalue weighted by Gasteiger charge is 2.24. The van der Waals surface area contributed by atoms with Gasteiger partial charge in [0, 0.05) is 10.9 Å². The summed E-state index contributed by atoms with van der Waals surface area (Å²) in [7, 11) is 0. The van der Waals surface area contributed by atoms with Crippen molar-refractivity contribution in [2.24, 2.45) is 0 Å². The van der Waals surface area contributed by atoms with Crippen LogP contribution in [0.4, 0.5) is 0 Å². The second kappa shape index (κ2) is 7.03. The lowest BCUT2D eigenvalue weighted by Crippen LogP contribution is -2.32. The molecule has 1 atom stereocenters. The van der Waals surface area contributed by atoms with E-state index < -0.39 is 17.6 Å². The molecule has 1 aromatic heterocycles. The van der Waals surface area contributed by atoms with Crippen LogP contribution in [-0.2, 0) is 5.41 Å². The molecule has 6 heteroatoms. The number of carboxylic acids is 1. The average Bonchev–Trinajstić information content (AvgIpc) is 2.66. The molecule has 144 valence electrons. The zero-order chi connectivity index (χ0) is 20.6. The molecule has 0 aliphatic rings. The maximum absolute atomic E-state index is 12.9. The molecule has 6 nitrogen and oxygen atoms in total. The van der Waals surface area contributed by atoms with Crippen LogP contribution < -0.4 is 5.56 Å². The first-order valence-electron chi connectivity index (χ1n) is 9.01. The highest BCUT2D eigenvalue weighted by Crippen LogP contribution is 2.23. The van der Waals surface area contributed by atoms with Crippen molar-refractivity contribution >= 4 is 22.5 Å². The minimum atomic E-state index is -1.25. The van der Waals surface area contributed by atoms with Gasteiger partial charge in [0.2, 0.25) is 0 Å². The van der Waals surface area contributed by atoms with E-state index in [1.807, 2.05) is 12.1 Å². The van der Waals surface area contributed by atoms with Crippen LogP contribution in [0.25, 0.3) is 10.8 Å². The fraction of sp³-hybridized carbons (Fsp3) is 0.273. The lowest BCUT2D eigenvalue weighted by Gasteiger charge is -2.19. The average molecular weight is 378 g/mol. The number of aromatic nitrogens is 2. The van der Waals surface area contributed by atoms with Crippen molar-refractivity contribution in [2.75, 3.05) is 0 Å². The number of rotatable bonds is 4. The van der Waals surface area contributed by atoms with Crippen molar-refractivity contribution in [2.45, 2.75) is 39.2 Å². The van der Waals surface area contributed by atoms with E-state index in [0.29, 0.717) is 5.56 Å². The monoisotopic (exact) mass is 378 g/mol. The number of hydrogen-bond donors (Lipinski definition) is 1. The third-order valence-electron chi connectivity index (χ3n) is 4.81. The molecule has 3 aromatic rings. The summed E-state index contributed by atoms with van der Waals surface area (Å²) in [5.41, 5.74) is 0.747. The van der Waals surface area contributed by atoms with Crippen LogP contribution in [0.2, 0.25) is 0 Å². The Hall–Kier alpha value is -3.28. The van der Waals surface area contributed by atoms with Gasteiger partial charge >= 0.3 is 5.97 Å². The Bertz CT molecular complexity index is 1120. The number of nitrogens with zero attached hydrogens (tertiary/aromatic N) is 2. The Labute approximate surface area is 162 Å². The molecule has 0 bridgehead atoms. The van der Waals surface area contributed by atoms with Gasteiger partial charge in [0.05, 0.1) is 5.39 Å². The van der Waals surface area contributed by atoms with Gasteiger partial charge in [-0.3, -0.25) is 9.59 Å². The van der Waals surface area contributed by atoms with Crippen molar-refractivity contribution in [1.82, 2.24) is 9.78 Å². The first-order chi connectivity index (χ1) is 13.1. The summed E-state index contributed by atoms with van der Waals surface area (Å²) < 4.78 is 0.964. The van der Waals surface area contributed by atoms with Gasteiger partial charge in [-0.05, 0) is 24.0 Å². The van der Waals surface area contributed by atoms with Crippen molar-refractivity contribution in [1.29, 1.82) is 0 Å². The summed E-state index contributed by atoms with van der Waals surface area (Å²) in [6.07, 6.45) is 0. The van der Waals surface area contributed by atoms with Crippen molar-refractivity contribution < 1.29 is 14.7 Å². The molecule has 0 spiro atoms. The molecule has 1 N–H and O–H groups in total. The Morgan fingerprint density at radius 2 is 1.57 bits per heavy atom. The maximum atomic E-state index is 12.9. The number of carbonyl (C=O) groups excluding carboxylic acids is 1. The van der Waals surface area contributed by atoms with E-state index in [9.17, 15) is 19.5 Å². The number of ketones is 1. The zero-order valence-electron chi connectivity index (χ0n) is 16.3. The van der Waals surface area contributed by atoms with E-state index in [2.05, 4.69) is 25.9 Å². The fourth-order valence-corrected chi connectivity index (χ4v) is 3.11. The summed E-state index contributed by atoms with van der Waals surface area (Å²) in [5, 5.41) is 13.9. The Balaban J connectivity index is 2.07. The topological polar surface area (TPSA) is 89.3 Å². The number of carboxylic acid groups (broad SMARTS) is 1. The van der Waals surface area contributed by atoms with Crippen LogP contribution in [0.3, 0.4) is 0 Å². The molecular formula is C22H22N2O4. The highest BCUT2D eigenvalue weighted by atomic mass is 16.4. The van der Waals surface area contributed by atoms with Crippen LogP contribution in [0.15, 0.2) is 53.3 Å². The van der Waals surface area contributed by atoms with Gasteiger partial charge in [-0.25, -0.2) is 9.48 Å². The normalized spacial score (nSPS) is 12.7. The maximum Gasteiger partial charge on any atom is 0.357 e. The van der Waals surface area contributed by atoms with E-state index >= 15 is 0 Å². The van der Waals surface area contributed by atoms with Crippen molar-refractivity contribution in [3.63, 3.8) is 0 Å². The van der Waals surface area contributed by atoms with Gasteiger partial charge < -0.3 is 5.11 Å². The minimum absolute atomic E-state index is 0.0412. The number of hydrogen-bond acceptors (Lipinski definition) is 4. The highest BCUT2D eigenvalue weighted by molar-refractivity contribution is 6.02. The SMILES string of the molecule is CC(C(=O)c1ccc(C(C)(C)C)cc1)n1nc(C(=O)O)c2ccccc2c1=O. The van der Waals surface area contributed by atoms with Gasteiger partial charge in [-0.1, -0.05) is 63.2 Å². The number of fused-ring (bicyclic) bond motifs is 1. The predicted molar refractivity (Wildman–Crippen MR) is 107 cm³/mol. The lowest BCUT2D eigenvalue weighted by molar-refractivity contribution is 0.0687. The van der Waals surface area contributed by atoms with Crippen LogP contribution in [0, 0.1) is 0 Å². The van der Waals surface area contributed by atoms with Crippen LogP contribution in [0.5, 0.6) is 0 Å². The number of aromatic carboxylic acids is 1. The molecular weight excluding hydrogens is 356 g/mol. The summed E-state index contributed by atoms with van der Waals surface area (Å²) in [6, 6.07) is 12.7. The zero-order valence-corrected chi connectivity index (χ0v) is 16.3. The molecule has 0 saturated heterocycles. The largest absolute Gasteiger partial charge is 0.476 e. The molecule has 0 amide bonds. The standard InChI is InChI=1S/C22H22N2O4/c1-13(19(25)14-9-11-15(12-10-14)22(2,3)4)24-20(26)17-8-6-5-7-16(17)18(23-24)21(27)28/h5-13H,1-4H3,(H,27,28). The van der Waals surface area contributed by atoms with E-state index in [1.165, 1.54) is 12.1 Å². The first-order valence-corrected chi connectivity index (χ1v) is 9.01. The Kier molecular flexibility index (Phi) is 4.89. The van der Waals surface area contributed by atoms with Gasteiger partial charge in [0.25, 0.3) is 5.56 Å². The molecule has 0 radical (unpaired) electrons. The molecule has 2 aromatic carbocycles. The number of Topliss-reactive ketones (excluding diaryl/α,β-unsaturated/α-hetero) is 1. The smallest absolute Gasteiger partial charge is 0.357 e. The van der Waals surface area contributed by atoms with E-state index in [1.54, 1.807) is 31.2 Å². The molecule has 1 unspecified atom stereocenters. The second-order valence-corrected chi connectivity index (χ2v) is 7.82. The molecule has 3 rings (SSSR count). The molecule has 0 fully saturated rings. The summed E-state index contributed by atoms with van der Waals surface area (Å²) in [5.74, 6) is -1.55. The molecule has 0 saturated carbocycles. The third-order valence-corrected chi connectivity index (χ3v) is 4.81. The second-order valence-electron chi connectivity index (χ2n) is 7.82. The Morgan fingerprint density at radius 1 is 1.00 bits per heavy atom. The van der Waals surface area contributed by atoms with E-state index in [0.717, 1.165) is 10.2 Å². The van der Waals surface area contributed by atoms with Crippen LogP contribution in [-0.4, -0.2) is 26.6 Å². The lowest BCUT2D eigenvalue weighted by atomic mass is 9.86. The summed E-state index contributed by atoms with van der Waals surface area (Å²) in [4.78, 5) is 37.4. The van der Waals surface area contributed by atoms with Crippen molar-refractivity contribution in [3.05, 3.63) is 75.7 Å². The van der Waals surface area contributed by atoms with Gasteiger partial charge in [-0.15, -0.1) is 0 Å². The first kappa shape index (κ1) is 19.5. The molecule has 1 heterocycles. The predicted octanol–water partition coefficient (Wildman–Crippen LogP) is 3.84. The van der Waals surface area contributed by atoms with E-state index in [-0.39, 0.29) is 27.7 Å². The van der Waals surface area contributed by atoms with E-state index in [4.69, 9.17) is 0 Å². The molecule has 28 heavy (non-hydrogen) atoms. The molecule has 0 aliphatic heterocycles. The van der Waals surface area contributed by atoms with Crippen LogP contribution in [0.1, 0.15) is 60.1 Å². The van der Waals surface area contributed by atoms with Gasteiger partial charge in [0.1, 0.15) is 6.04 Å². The Morgan fingerprint density at radius 3 is 2.11 bits per heavy atom.